The van der Waals surface area contributed by atoms with Gasteiger partial charge in [0.2, 0.25) is 0 Å². The molecule has 1 N–H and O–H groups in total. The second kappa shape index (κ2) is 9.53. The molecule has 1 heterocycles. The molecule has 0 atom stereocenters. The van der Waals surface area contributed by atoms with Crippen molar-refractivity contribution in [2.45, 2.75) is 40.4 Å². The predicted molar refractivity (Wildman–Crippen MR) is 104 cm³/mol. The Morgan fingerprint density at radius 1 is 1.12 bits per heavy atom. The van der Waals surface area contributed by atoms with Crippen LogP contribution in [0.2, 0.25) is 0 Å². The van der Waals surface area contributed by atoms with E-state index < -0.39 is 0 Å². The topological polar surface area (TPSA) is 48.5 Å². The first-order chi connectivity index (χ1) is 12.0. The van der Waals surface area contributed by atoms with Crippen LogP contribution >= 0.6 is 11.3 Å². The van der Waals surface area contributed by atoms with Gasteiger partial charge in [-0.1, -0.05) is 38.1 Å². The summed E-state index contributed by atoms with van der Waals surface area (Å²) in [5, 5.41) is 5.98. The lowest BCUT2D eigenvalue weighted by atomic mass is 10.1. The van der Waals surface area contributed by atoms with E-state index in [2.05, 4.69) is 53.3 Å². The fourth-order valence-electron chi connectivity index (χ4n) is 2.58. The van der Waals surface area contributed by atoms with Crippen LogP contribution in [0.1, 0.15) is 35.7 Å². The van der Waals surface area contributed by atoms with E-state index in [4.69, 9.17) is 0 Å². The van der Waals surface area contributed by atoms with Gasteiger partial charge in [-0.15, -0.1) is 11.3 Å². The number of thiazole rings is 1. The van der Waals surface area contributed by atoms with Crippen molar-refractivity contribution in [1.29, 1.82) is 0 Å². The molecule has 0 fully saturated rings. The number of nitrogens with one attached hydrogen (secondary N) is 1. The number of carbonyl (C=O) groups excluding carboxylic acids is 1. The highest BCUT2D eigenvalue weighted by Crippen LogP contribution is 2.10. The Bertz CT molecular complexity index is 664. The lowest BCUT2D eigenvalue weighted by Crippen LogP contribution is -2.36. The molecular weight excluding hydrogens is 332 g/mol. The van der Waals surface area contributed by atoms with Crippen LogP contribution in [0.4, 0.5) is 4.79 Å². The molecule has 0 aliphatic carbocycles. The number of hydrogen-bond donors (Lipinski definition) is 1. The van der Waals surface area contributed by atoms with Crippen molar-refractivity contribution < 1.29 is 4.79 Å². The van der Waals surface area contributed by atoms with Crippen LogP contribution < -0.4 is 5.32 Å². The van der Waals surface area contributed by atoms with E-state index in [0.717, 1.165) is 35.9 Å². The molecule has 1 aromatic carbocycles. The van der Waals surface area contributed by atoms with Gasteiger partial charge in [0.05, 0.1) is 17.2 Å². The van der Waals surface area contributed by atoms with Gasteiger partial charge >= 0.3 is 6.03 Å². The molecule has 0 unspecified atom stereocenters. The highest BCUT2D eigenvalue weighted by Gasteiger charge is 2.10. The first kappa shape index (κ1) is 19.4. The molecule has 1 aromatic heterocycles. The summed E-state index contributed by atoms with van der Waals surface area (Å²) in [7, 11) is 1.79. The Balaban J connectivity index is 1.80. The van der Waals surface area contributed by atoms with Gasteiger partial charge in [0, 0.05) is 25.5 Å². The Hall–Kier alpha value is -1.92. The van der Waals surface area contributed by atoms with Crippen molar-refractivity contribution in [3.8, 4) is 0 Å². The average Bonchev–Trinajstić information content (AvgIpc) is 3.03. The second-order valence-electron chi connectivity index (χ2n) is 6.15. The van der Waals surface area contributed by atoms with Crippen LogP contribution in [0.25, 0.3) is 0 Å². The number of hydrogen-bond acceptors (Lipinski definition) is 4. The zero-order valence-electron chi connectivity index (χ0n) is 15.6. The lowest BCUT2D eigenvalue weighted by Gasteiger charge is -2.18. The number of aryl methyl sites for hydroxylation is 1. The number of urea groups is 1. The molecular formula is C19H28N4OS. The van der Waals surface area contributed by atoms with E-state index in [0.29, 0.717) is 13.1 Å². The molecule has 6 heteroatoms. The number of benzene rings is 1. The summed E-state index contributed by atoms with van der Waals surface area (Å²) in [5.41, 5.74) is 3.34. The second-order valence-corrected chi connectivity index (χ2v) is 7.21. The van der Waals surface area contributed by atoms with Crippen molar-refractivity contribution in [2.75, 3.05) is 20.1 Å². The van der Waals surface area contributed by atoms with Gasteiger partial charge in [0.25, 0.3) is 0 Å². The van der Waals surface area contributed by atoms with Crippen LogP contribution in [0.15, 0.2) is 29.6 Å². The molecule has 2 rings (SSSR count). The molecule has 136 valence electrons. The van der Waals surface area contributed by atoms with Crippen molar-refractivity contribution in [3.63, 3.8) is 0 Å². The van der Waals surface area contributed by atoms with Gasteiger partial charge < -0.3 is 10.2 Å². The third-order valence-corrected chi connectivity index (χ3v) is 5.00. The summed E-state index contributed by atoms with van der Waals surface area (Å²) < 4.78 is 0. The van der Waals surface area contributed by atoms with Crippen molar-refractivity contribution in [1.82, 2.24) is 20.1 Å². The molecule has 0 spiro atoms. The smallest absolute Gasteiger partial charge is 0.317 e. The fraction of sp³-hybridized carbons (Fsp3) is 0.474. The normalized spacial score (nSPS) is 10.9. The minimum absolute atomic E-state index is 0.0853. The summed E-state index contributed by atoms with van der Waals surface area (Å²) in [5.74, 6) is 0. The maximum atomic E-state index is 12.2. The van der Waals surface area contributed by atoms with Crippen LogP contribution in [-0.2, 0) is 19.6 Å². The van der Waals surface area contributed by atoms with Crippen LogP contribution in [0, 0.1) is 6.92 Å². The van der Waals surface area contributed by atoms with E-state index in [1.165, 1.54) is 5.56 Å². The SMILES string of the molecule is CCN(CC)Cc1ccc(CNC(=O)N(C)Cc2csc(C)n2)cc1. The molecule has 2 amide bonds. The molecule has 0 saturated carbocycles. The third kappa shape index (κ3) is 6.14. The molecule has 0 aliphatic rings. The van der Waals surface area contributed by atoms with Gasteiger partial charge in [-0.25, -0.2) is 9.78 Å². The first-order valence-electron chi connectivity index (χ1n) is 8.72. The Morgan fingerprint density at radius 2 is 1.76 bits per heavy atom. The Labute approximate surface area is 154 Å². The number of carbonyl (C=O) groups is 1. The number of rotatable bonds is 8. The zero-order valence-corrected chi connectivity index (χ0v) is 16.4. The van der Waals surface area contributed by atoms with Crippen molar-refractivity contribution in [2.24, 2.45) is 0 Å². The largest absolute Gasteiger partial charge is 0.334 e. The molecule has 0 bridgehead atoms. The first-order valence-corrected chi connectivity index (χ1v) is 9.60. The van der Waals surface area contributed by atoms with E-state index in [9.17, 15) is 4.79 Å². The Kier molecular flexibility index (Phi) is 7.40. The highest BCUT2D eigenvalue weighted by molar-refractivity contribution is 7.09. The third-order valence-electron chi connectivity index (χ3n) is 4.18. The fourth-order valence-corrected chi connectivity index (χ4v) is 3.18. The monoisotopic (exact) mass is 360 g/mol. The maximum absolute atomic E-state index is 12.2. The summed E-state index contributed by atoms with van der Waals surface area (Å²) in [6.45, 7) is 10.5. The Morgan fingerprint density at radius 3 is 2.32 bits per heavy atom. The van der Waals surface area contributed by atoms with Crippen LogP contribution in [-0.4, -0.2) is 41.0 Å². The van der Waals surface area contributed by atoms with Crippen molar-refractivity contribution >= 4 is 17.4 Å². The maximum Gasteiger partial charge on any atom is 0.317 e. The minimum Gasteiger partial charge on any atom is -0.334 e. The predicted octanol–water partition coefficient (Wildman–Crippen LogP) is 3.63. The minimum atomic E-state index is -0.0853. The number of amides is 2. The highest BCUT2D eigenvalue weighted by atomic mass is 32.1. The van der Waals surface area contributed by atoms with Gasteiger partial charge in [0.15, 0.2) is 0 Å². The van der Waals surface area contributed by atoms with E-state index in [-0.39, 0.29) is 6.03 Å². The summed E-state index contributed by atoms with van der Waals surface area (Å²) in [6.07, 6.45) is 0. The van der Waals surface area contributed by atoms with Crippen molar-refractivity contribution in [3.05, 3.63) is 51.5 Å². The molecule has 2 aromatic rings. The van der Waals surface area contributed by atoms with Crippen LogP contribution in [0.5, 0.6) is 0 Å². The summed E-state index contributed by atoms with van der Waals surface area (Å²) in [4.78, 5) is 20.6. The van der Waals surface area contributed by atoms with E-state index in [1.807, 2.05) is 12.3 Å². The summed E-state index contributed by atoms with van der Waals surface area (Å²) in [6, 6.07) is 8.37. The van der Waals surface area contributed by atoms with Gasteiger partial charge in [-0.3, -0.25) is 4.90 Å². The van der Waals surface area contributed by atoms with Gasteiger partial charge in [0.1, 0.15) is 0 Å². The average molecular weight is 361 g/mol. The van der Waals surface area contributed by atoms with Crippen LogP contribution in [0.3, 0.4) is 0 Å². The van der Waals surface area contributed by atoms with Gasteiger partial charge in [-0.05, 0) is 31.1 Å². The van der Waals surface area contributed by atoms with Gasteiger partial charge in [-0.2, -0.15) is 0 Å². The number of nitrogens with zero attached hydrogens (tertiary/aromatic N) is 3. The molecule has 5 nitrogen and oxygen atoms in total. The zero-order chi connectivity index (χ0) is 18.2. The molecule has 0 aliphatic heterocycles. The molecule has 25 heavy (non-hydrogen) atoms. The summed E-state index contributed by atoms with van der Waals surface area (Å²) >= 11 is 1.60. The van der Waals surface area contributed by atoms with E-state index >= 15 is 0 Å². The van der Waals surface area contributed by atoms with E-state index in [1.54, 1.807) is 23.3 Å². The molecule has 0 saturated heterocycles. The lowest BCUT2D eigenvalue weighted by molar-refractivity contribution is 0.206. The standard InChI is InChI=1S/C19H28N4OS/c1-5-23(6-2)12-17-9-7-16(8-10-17)11-20-19(24)22(4)13-18-14-25-15(3)21-18/h7-10,14H,5-6,11-13H2,1-4H3,(H,20,24). The number of aromatic nitrogens is 1. The molecule has 0 radical (unpaired) electrons. The quantitative estimate of drug-likeness (QED) is 0.782.